The number of carbonyl (C=O) groups excluding carboxylic acids is 1. The number of benzene rings is 1. The molecule has 16 heavy (non-hydrogen) atoms. The van der Waals surface area contributed by atoms with Gasteiger partial charge in [0.1, 0.15) is 17.7 Å². The third-order valence-corrected chi connectivity index (χ3v) is 2.83. The van der Waals surface area contributed by atoms with Crippen LogP contribution in [-0.4, -0.2) is 19.5 Å². The Morgan fingerprint density at radius 2 is 2.06 bits per heavy atom. The Hall–Kier alpha value is -1.78. The summed E-state index contributed by atoms with van der Waals surface area (Å²) in [4.78, 5) is 14.1. The summed E-state index contributed by atoms with van der Waals surface area (Å²) in [6, 6.07) is 6.68. The number of aldehydes is 1. The molecule has 4 heteroatoms. The average molecular weight is 216 g/mol. The van der Waals surface area contributed by atoms with Crippen LogP contribution in [0.25, 0.3) is 0 Å². The van der Waals surface area contributed by atoms with E-state index >= 15 is 0 Å². The molecule has 1 heterocycles. The SMILES string of the molecule is C=N/C=C1\CC[N+]1([O-])c1ccc(C=O)cc1. The molecular formula is C12H12N2O2. The summed E-state index contributed by atoms with van der Waals surface area (Å²) in [6.07, 6.45) is 3.03. The molecule has 1 fully saturated rings. The van der Waals surface area contributed by atoms with Crippen LogP contribution < -0.4 is 4.65 Å². The minimum Gasteiger partial charge on any atom is -0.622 e. The van der Waals surface area contributed by atoms with Crippen molar-refractivity contribution >= 4 is 18.7 Å². The normalized spacial score (nSPS) is 26.2. The van der Waals surface area contributed by atoms with E-state index < -0.39 is 4.65 Å². The third-order valence-electron chi connectivity index (χ3n) is 2.83. The number of carbonyl (C=O) groups is 1. The molecule has 0 amide bonds. The maximum absolute atomic E-state index is 12.4. The second kappa shape index (κ2) is 4.00. The Bertz CT molecular complexity index is 451. The Labute approximate surface area is 93.7 Å². The summed E-state index contributed by atoms with van der Waals surface area (Å²) in [5, 5.41) is 12.4. The van der Waals surface area contributed by atoms with E-state index in [0.29, 0.717) is 23.5 Å². The highest BCUT2D eigenvalue weighted by atomic mass is 16.6. The highest BCUT2D eigenvalue weighted by molar-refractivity contribution is 5.75. The minimum absolute atomic E-state index is 0.474. The number of nitrogens with zero attached hydrogens (tertiary/aromatic N) is 2. The van der Waals surface area contributed by atoms with E-state index in [-0.39, 0.29) is 0 Å². The predicted molar refractivity (Wildman–Crippen MR) is 64.1 cm³/mol. The zero-order valence-corrected chi connectivity index (χ0v) is 8.80. The molecule has 1 saturated heterocycles. The fraction of sp³-hybridized carbons (Fsp3) is 0.167. The minimum atomic E-state index is -0.474. The fourth-order valence-electron chi connectivity index (χ4n) is 1.80. The van der Waals surface area contributed by atoms with Crippen LogP contribution in [0.1, 0.15) is 16.8 Å². The summed E-state index contributed by atoms with van der Waals surface area (Å²) in [5.41, 5.74) is 1.91. The van der Waals surface area contributed by atoms with E-state index in [1.807, 2.05) is 0 Å². The molecule has 0 radical (unpaired) electrons. The van der Waals surface area contributed by atoms with Gasteiger partial charge in [-0.1, -0.05) is 0 Å². The van der Waals surface area contributed by atoms with E-state index in [1.165, 1.54) is 6.20 Å². The van der Waals surface area contributed by atoms with E-state index in [9.17, 15) is 10.0 Å². The number of rotatable bonds is 3. The molecule has 0 bridgehead atoms. The summed E-state index contributed by atoms with van der Waals surface area (Å²) in [7, 11) is 0. The van der Waals surface area contributed by atoms with Crippen LogP contribution >= 0.6 is 0 Å². The molecule has 0 N–H and O–H groups in total. The second-order valence-corrected chi connectivity index (χ2v) is 3.73. The number of hydrogen-bond donors (Lipinski definition) is 0. The summed E-state index contributed by atoms with van der Waals surface area (Å²) in [5.74, 6) is 0. The molecule has 0 spiro atoms. The van der Waals surface area contributed by atoms with Gasteiger partial charge in [-0.15, -0.1) is 0 Å². The molecular weight excluding hydrogens is 204 g/mol. The van der Waals surface area contributed by atoms with Gasteiger partial charge < -0.3 is 5.21 Å². The standard InChI is InChI=1S/C12H12N2O2/c1-13-8-12-6-7-14(12,16)11-4-2-10(9-15)3-5-11/h2-5,8-9H,1,6-7H2/b12-8+. The van der Waals surface area contributed by atoms with Crippen LogP contribution in [0.3, 0.4) is 0 Å². The van der Waals surface area contributed by atoms with Crippen molar-refractivity contribution in [1.29, 1.82) is 0 Å². The lowest BCUT2D eigenvalue weighted by atomic mass is 10.1. The maximum Gasteiger partial charge on any atom is 0.150 e. The van der Waals surface area contributed by atoms with Gasteiger partial charge in [0.15, 0.2) is 0 Å². The van der Waals surface area contributed by atoms with Crippen LogP contribution in [0, 0.1) is 5.21 Å². The first-order valence-corrected chi connectivity index (χ1v) is 5.01. The first kappa shape index (κ1) is 10.7. The molecule has 0 saturated carbocycles. The molecule has 2 rings (SSSR count). The van der Waals surface area contributed by atoms with E-state index in [0.717, 1.165) is 12.7 Å². The van der Waals surface area contributed by atoms with Crippen molar-refractivity contribution in [1.82, 2.24) is 4.65 Å². The maximum atomic E-state index is 12.4. The second-order valence-electron chi connectivity index (χ2n) is 3.73. The highest BCUT2D eigenvalue weighted by Crippen LogP contribution is 2.37. The Kier molecular flexibility index (Phi) is 2.68. The van der Waals surface area contributed by atoms with Crippen molar-refractivity contribution in [2.24, 2.45) is 4.99 Å². The summed E-state index contributed by atoms with van der Waals surface area (Å²) >= 11 is 0. The quantitative estimate of drug-likeness (QED) is 0.337. The number of hydrogen-bond acceptors (Lipinski definition) is 3. The van der Waals surface area contributed by atoms with Gasteiger partial charge in [-0.05, 0) is 18.9 Å². The molecule has 1 unspecified atom stereocenters. The van der Waals surface area contributed by atoms with Crippen LogP contribution in [0.4, 0.5) is 5.69 Å². The molecule has 1 atom stereocenters. The van der Waals surface area contributed by atoms with Gasteiger partial charge >= 0.3 is 0 Å². The van der Waals surface area contributed by atoms with Crippen molar-refractivity contribution in [3.63, 3.8) is 0 Å². The van der Waals surface area contributed by atoms with E-state index in [2.05, 4.69) is 11.7 Å². The van der Waals surface area contributed by atoms with E-state index in [4.69, 9.17) is 0 Å². The van der Waals surface area contributed by atoms with Crippen LogP contribution in [0.15, 0.2) is 41.2 Å². The van der Waals surface area contributed by atoms with Crippen molar-refractivity contribution in [2.75, 3.05) is 6.54 Å². The number of quaternary nitrogens is 1. The van der Waals surface area contributed by atoms with E-state index in [1.54, 1.807) is 24.3 Å². The smallest absolute Gasteiger partial charge is 0.150 e. The zero-order chi connectivity index (χ0) is 11.6. The largest absolute Gasteiger partial charge is 0.622 e. The van der Waals surface area contributed by atoms with Crippen molar-refractivity contribution < 1.29 is 4.79 Å². The molecule has 1 aromatic carbocycles. The highest BCUT2D eigenvalue weighted by Gasteiger charge is 2.36. The van der Waals surface area contributed by atoms with Gasteiger partial charge in [0.05, 0.1) is 19.2 Å². The van der Waals surface area contributed by atoms with Gasteiger partial charge in [-0.3, -0.25) is 14.4 Å². The van der Waals surface area contributed by atoms with Gasteiger partial charge in [0, 0.05) is 17.7 Å². The molecule has 82 valence electrons. The monoisotopic (exact) mass is 216 g/mol. The molecule has 0 aliphatic carbocycles. The fourth-order valence-corrected chi connectivity index (χ4v) is 1.80. The lowest BCUT2D eigenvalue weighted by Gasteiger charge is -2.50. The van der Waals surface area contributed by atoms with Crippen molar-refractivity contribution in [3.05, 3.63) is 46.9 Å². The van der Waals surface area contributed by atoms with Gasteiger partial charge in [-0.2, -0.15) is 0 Å². The molecule has 1 aromatic rings. The summed E-state index contributed by atoms with van der Waals surface area (Å²) < 4.78 is -0.474. The van der Waals surface area contributed by atoms with Crippen LogP contribution in [-0.2, 0) is 0 Å². The van der Waals surface area contributed by atoms with Gasteiger partial charge in [0.2, 0.25) is 0 Å². The van der Waals surface area contributed by atoms with Gasteiger partial charge in [-0.25, -0.2) is 0 Å². The van der Waals surface area contributed by atoms with Crippen LogP contribution in [0.5, 0.6) is 0 Å². The number of aliphatic imine (C=N–C) groups is 1. The van der Waals surface area contributed by atoms with Gasteiger partial charge in [0.25, 0.3) is 0 Å². The third kappa shape index (κ3) is 1.58. The molecule has 1 aliphatic rings. The molecule has 4 nitrogen and oxygen atoms in total. The Morgan fingerprint density at radius 3 is 2.50 bits per heavy atom. The lowest BCUT2D eigenvalue weighted by molar-refractivity contribution is 0.112. The first-order valence-electron chi connectivity index (χ1n) is 5.01. The topological polar surface area (TPSA) is 52.5 Å². The predicted octanol–water partition coefficient (Wildman–Crippen LogP) is 2.25. The van der Waals surface area contributed by atoms with Crippen LogP contribution in [0.2, 0.25) is 0 Å². The Morgan fingerprint density at radius 1 is 1.38 bits per heavy atom. The number of hydroxylamine groups is 2. The first-order chi connectivity index (χ1) is 7.70. The summed E-state index contributed by atoms with van der Waals surface area (Å²) in [6.45, 7) is 3.86. The average Bonchev–Trinajstić information content (AvgIpc) is 2.34. The lowest BCUT2D eigenvalue weighted by Crippen LogP contribution is -2.51. The molecule has 0 aromatic heterocycles. The zero-order valence-electron chi connectivity index (χ0n) is 8.80. The van der Waals surface area contributed by atoms with Crippen molar-refractivity contribution in [3.8, 4) is 0 Å². The Balaban J connectivity index is 2.33. The van der Waals surface area contributed by atoms with Crippen molar-refractivity contribution in [2.45, 2.75) is 6.42 Å². The molecule has 1 aliphatic heterocycles.